The van der Waals surface area contributed by atoms with E-state index in [1.54, 1.807) is 12.1 Å². The van der Waals surface area contributed by atoms with E-state index >= 15 is 0 Å². The molecule has 5 rings (SSSR count). The summed E-state index contributed by atoms with van der Waals surface area (Å²) in [4.78, 5) is 19.2. The van der Waals surface area contributed by atoms with Gasteiger partial charge in [-0.25, -0.2) is 14.4 Å². The number of aryl methyl sites for hydroxylation is 1. The van der Waals surface area contributed by atoms with E-state index in [0.29, 0.717) is 5.92 Å². The number of hydrogen-bond donors (Lipinski definition) is 0. The number of benzene rings is 1. The number of piperidine rings is 1. The molecule has 0 aliphatic carbocycles. The molecule has 0 atom stereocenters. The molecule has 168 valence electrons. The Bertz CT molecular complexity index is 1030. The molecule has 1 aromatic carbocycles. The lowest BCUT2D eigenvalue weighted by Gasteiger charge is -2.33. The predicted molar refractivity (Wildman–Crippen MR) is 126 cm³/mol. The van der Waals surface area contributed by atoms with E-state index in [1.165, 1.54) is 43.6 Å². The van der Waals surface area contributed by atoms with Crippen molar-refractivity contribution in [2.24, 2.45) is 7.05 Å². The number of imidazole rings is 1. The summed E-state index contributed by atoms with van der Waals surface area (Å²) in [7, 11) is 2.07. The van der Waals surface area contributed by atoms with Crippen LogP contribution in [0.15, 0.2) is 42.7 Å². The minimum atomic E-state index is -0.230. The first kappa shape index (κ1) is 20.9. The number of nitrogens with zero attached hydrogens (tertiary/aromatic N) is 6. The van der Waals surface area contributed by atoms with Crippen LogP contribution in [0.1, 0.15) is 50.3 Å². The maximum Gasteiger partial charge on any atom is 0.227 e. The number of aromatic nitrogens is 4. The van der Waals surface area contributed by atoms with Crippen molar-refractivity contribution >= 4 is 11.8 Å². The van der Waals surface area contributed by atoms with Crippen molar-refractivity contribution in [2.75, 3.05) is 36.0 Å². The average molecular weight is 435 g/mol. The normalized spacial score (nSPS) is 18.1. The Hall–Kier alpha value is -2.96. The van der Waals surface area contributed by atoms with Crippen molar-refractivity contribution in [1.82, 2.24) is 19.5 Å². The number of hydrogen-bond acceptors (Lipinski definition) is 5. The van der Waals surface area contributed by atoms with E-state index in [9.17, 15) is 4.39 Å². The molecule has 2 saturated heterocycles. The molecule has 2 aromatic heterocycles. The highest BCUT2D eigenvalue weighted by Crippen LogP contribution is 2.31. The molecular formula is C25H31FN6. The van der Waals surface area contributed by atoms with Gasteiger partial charge in [0.1, 0.15) is 17.5 Å². The van der Waals surface area contributed by atoms with Crippen LogP contribution in [0.4, 0.5) is 16.2 Å². The van der Waals surface area contributed by atoms with Gasteiger partial charge in [0.2, 0.25) is 5.95 Å². The van der Waals surface area contributed by atoms with Crippen molar-refractivity contribution in [3.63, 3.8) is 0 Å². The number of rotatable bonds is 4. The highest BCUT2D eigenvalue weighted by molar-refractivity contribution is 5.65. The molecule has 0 radical (unpaired) electrons. The fraction of sp³-hybridized carbons (Fsp3) is 0.480. The molecule has 2 aliphatic rings. The van der Waals surface area contributed by atoms with Crippen LogP contribution < -0.4 is 9.80 Å². The van der Waals surface area contributed by atoms with Crippen molar-refractivity contribution in [2.45, 2.75) is 44.4 Å². The molecule has 0 N–H and O–H groups in total. The van der Waals surface area contributed by atoms with Crippen LogP contribution >= 0.6 is 0 Å². The molecule has 0 spiro atoms. The fourth-order valence-electron chi connectivity index (χ4n) is 4.90. The summed E-state index contributed by atoms with van der Waals surface area (Å²) in [5.74, 6) is 3.19. The maximum atomic E-state index is 13.5. The monoisotopic (exact) mass is 434 g/mol. The maximum absolute atomic E-state index is 13.5. The first-order valence-corrected chi connectivity index (χ1v) is 11.8. The molecular weight excluding hydrogens is 403 g/mol. The van der Waals surface area contributed by atoms with Gasteiger partial charge in [0.25, 0.3) is 0 Å². The van der Waals surface area contributed by atoms with Crippen LogP contribution in [-0.2, 0) is 7.05 Å². The lowest BCUT2D eigenvalue weighted by Crippen LogP contribution is -2.35. The van der Waals surface area contributed by atoms with Gasteiger partial charge >= 0.3 is 0 Å². The van der Waals surface area contributed by atoms with Crippen LogP contribution in [0.5, 0.6) is 0 Å². The van der Waals surface area contributed by atoms with Gasteiger partial charge in [-0.2, -0.15) is 4.98 Å². The molecule has 7 heteroatoms. The van der Waals surface area contributed by atoms with Crippen LogP contribution in [0.3, 0.4) is 0 Å². The van der Waals surface area contributed by atoms with Crippen LogP contribution in [0.2, 0.25) is 0 Å². The van der Waals surface area contributed by atoms with Crippen LogP contribution in [0, 0.1) is 5.82 Å². The van der Waals surface area contributed by atoms with Gasteiger partial charge in [-0.3, -0.25) is 0 Å². The third-order valence-corrected chi connectivity index (χ3v) is 6.77. The van der Waals surface area contributed by atoms with Gasteiger partial charge in [0.15, 0.2) is 0 Å². The summed E-state index contributed by atoms with van der Waals surface area (Å²) in [5.41, 5.74) is 1.79. The Morgan fingerprint density at radius 1 is 0.875 bits per heavy atom. The Morgan fingerprint density at radius 3 is 2.25 bits per heavy atom. The van der Waals surface area contributed by atoms with Crippen molar-refractivity contribution in [3.05, 3.63) is 54.4 Å². The second-order valence-corrected chi connectivity index (χ2v) is 8.98. The van der Waals surface area contributed by atoms with Crippen molar-refractivity contribution in [1.29, 1.82) is 0 Å². The Morgan fingerprint density at radius 2 is 1.59 bits per heavy atom. The second-order valence-electron chi connectivity index (χ2n) is 8.98. The summed E-state index contributed by atoms with van der Waals surface area (Å²) in [6, 6.07) is 8.68. The average Bonchev–Trinajstić information content (AvgIpc) is 3.07. The SMILES string of the molecule is Cn1ccnc1C1CCN(c2cc(-c3ccc(F)cc3)nc(N3CCCCCC3)n2)CC1. The first-order chi connectivity index (χ1) is 15.7. The van der Waals surface area contributed by atoms with E-state index in [4.69, 9.17) is 9.97 Å². The molecule has 32 heavy (non-hydrogen) atoms. The zero-order valence-electron chi connectivity index (χ0n) is 18.8. The quantitative estimate of drug-likeness (QED) is 0.591. The minimum absolute atomic E-state index is 0.230. The van der Waals surface area contributed by atoms with Gasteiger partial charge in [-0.15, -0.1) is 0 Å². The molecule has 0 amide bonds. The predicted octanol–water partition coefficient (Wildman–Crippen LogP) is 4.78. The fourth-order valence-corrected chi connectivity index (χ4v) is 4.90. The number of halogens is 1. The van der Waals surface area contributed by atoms with Gasteiger partial charge in [-0.05, 0) is 49.9 Å². The van der Waals surface area contributed by atoms with Crippen LogP contribution in [-0.4, -0.2) is 45.7 Å². The van der Waals surface area contributed by atoms with Crippen molar-refractivity contribution in [3.8, 4) is 11.3 Å². The van der Waals surface area contributed by atoms with E-state index in [2.05, 4.69) is 32.5 Å². The van der Waals surface area contributed by atoms with Gasteiger partial charge in [0.05, 0.1) is 5.69 Å². The highest BCUT2D eigenvalue weighted by Gasteiger charge is 2.25. The molecule has 6 nitrogen and oxygen atoms in total. The summed E-state index contributed by atoms with van der Waals surface area (Å²) < 4.78 is 15.6. The summed E-state index contributed by atoms with van der Waals surface area (Å²) in [6.07, 6.45) is 10.9. The molecule has 3 aromatic rings. The summed E-state index contributed by atoms with van der Waals surface area (Å²) >= 11 is 0. The number of anilines is 2. The summed E-state index contributed by atoms with van der Waals surface area (Å²) in [5, 5.41) is 0. The van der Waals surface area contributed by atoms with Gasteiger partial charge in [0, 0.05) is 63.2 Å². The Kier molecular flexibility index (Phi) is 6.06. The Labute approximate surface area is 189 Å². The largest absolute Gasteiger partial charge is 0.356 e. The van der Waals surface area contributed by atoms with E-state index in [0.717, 1.165) is 62.0 Å². The lowest BCUT2D eigenvalue weighted by atomic mass is 9.96. The van der Waals surface area contributed by atoms with E-state index in [1.807, 2.05) is 12.4 Å². The smallest absolute Gasteiger partial charge is 0.227 e. The lowest BCUT2D eigenvalue weighted by molar-refractivity contribution is 0.473. The zero-order valence-corrected chi connectivity index (χ0v) is 18.8. The molecule has 4 heterocycles. The standard InChI is InChI=1S/C25H31FN6/c1-30-17-12-27-24(30)20-10-15-31(16-11-20)23-18-22(19-6-8-21(26)9-7-19)28-25(29-23)32-13-4-2-3-5-14-32/h6-9,12,17-18,20H,2-5,10-11,13-16H2,1H3. The molecule has 0 unspecified atom stereocenters. The topological polar surface area (TPSA) is 50.1 Å². The zero-order chi connectivity index (χ0) is 21.9. The minimum Gasteiger partial charge on any atom is -0.356 e. The molecule has 0 bridgehead atoms. The first-order valence-electron chi connectivity index (χ1n) is 11.8. The van der Waals surface area contributed by atoms with Crippen molar-refractivity contribution < 1.29 is 4.39 Å². The molecule has 2 aliphatic heterocycles. The van der Waals surface area contributed by atoms with E-state index in [-0.39, 0.29) is 5.82 Å². The summed E-state index contributed by atoms with van der Waals surface area (Å²) in [6.45, 7) is 3.87. The van der Waals surface area contributed by atoms with E-state index < -0.39 is 0 Å². The highest BCUT2D eigenvalue weighted by atomic mass is 19.1. The van der Waals surface area contributed by atoms with Crippen LogP contribution in [0.25, 0.3) is 11.3 Å². The van der Waals surface area contributed by atoms with Gasteiger partial charge in [-0.1, -0.05) is 12.8 Å². The second kappa shape index (κ2) is 9.27. The molecule has 2 fully saturated rings. The Balaban J connectivity index is 1.43. The van der Waals surface area contributed by atoms with Gasteiger partial charge < -0.3 is 14.4 Å². The molecule has 0 saturated carbocycles. The third-order valence-electron chi connectivity index (χ3n) is 6.77. The third kappa shape index (κ3) is 4.47.